The van der Waals surface area contributed by atoms with E-state index in [-0.39, 0.29) is 0 Å². The molecule has 0 fully saturated rings. The Morgan fingerprint density at radius 3 is 2.41 bits per heavy atom. The van der Waals surface area contributed by atoms with Crippen LogP contribution in [0.1, 0.15) is 31.4 Å². The van der Waals surface area contributed by atoms with E-state index in [2.05, 4.69) is 10.1 Å². The molecule has 1 unspecified atom stereocenters. The average Bonchev–Trinajstić information content (AvgIpc) is 2.87. The molecule has 1 aromatic heterocycles. The molecule has 0 saturated heterocycles. The molecule has 2 aromatic carbocycles. The van der Waals surface area contributed by atoms with E-state index in [1.807, 2.05) is 80.6 Å². The number of benzene rings is 2. The van der Waals surface area contributed by atoms with Crippen molar-refractivity contribution in [1.82, 2.24) is 4.98 Å². The molecule has 178 valence electrons. The summed E-state index contributed by atoms with van der Waals surface area (Å²) in [4.78, 5) is 21.1. The van der Waals surface area contributed by atoms with Gasteiger partial charge in [-0.05, 0) is 48.7 Å². The zero-order chi connectivity index (χ0) is 24.2. The summed E-state index contributed by atoms with van der Waals surface area (Å²) in [7, 11) is 0. The number of hydrogen-bond acceptors (Lipinski definition) is 6. The summed E-state index contributed by atoms with van der Waals surface area (Å²) in [6.45, 7) is 4.91. The van der Waals surface area contributed by atoms with Crippen LogP contribution in [0.15, 0.2) is 78.1 Å². The second-order valence-corrected chi connectivity index (χ2v) is 7.70. The third-order valence-corrected chi connectivity index (χ3v) is 5.05. The topological polar surface area (TPSA) is 90.2 Å². The number of hydrogen-bond donors (Lipinski definition) is 1. The molecule has 34 heavy (non-hydrogen) atoms. The van der Waals surface area contributed by atoms with E-state index in [0.717, 1.165) is 34.5 Å². The molecule has 3 aromatic rings. The van der Waals surface area contributed by atoms with Crippen molar-refractivity contribution in [3.63, 3.8) is 0 Å². The number of carboxylic acids is 1. The maximum Gasteiger partial charge on any atom is 0.333 e. The van der Waals surface area contributed by atoms with Gasteiger partial charge in [0.25, 0.3) is 0 Å². The Labute approximate surface area is 200 Å². The van der Waals surface area contributed by atoms with Gasteiger partial charge in [0, 0.05) is 24.8 Å². The SMILES string of the molecule is CCCOC(Cc1ccc(OCCO/N=C(/C)c2ccc(-c3ccccn3)cc2)cc1)C(=O)O. The van der Waals surface area contributed by atoms with Gasteiger partial charge < -0.3 is 19.4 Å². The smallest absolute Gasteiger partial charge is 0.333 e. The van der Waals surface area contributed by atoms with Gasteiger partial charge in [0.1, 0.15) is 12.4 Å². The molecular weight excluding hydrogens is 432 g/mol. The highest BCUT2D eigenvalue weighted by Crippen LogP contribution is 2.17. The van der Waals surface area contributed by atoms with Crippen molar-refractivity contribution in [3.8, 4) is 17.0 Å². The molecular formula is C27H30N2O5. The molecule has 0 spiro atoms. The van der Waals surface area contributed by atoms with Crippen LogP contribution in [0.2, 0.25) is 0 Å². The zero-order valence-electron chi connectivity index (χ0n) is 19.5. The normalized spacial score (nSPS) is 12.2. The second kappa shape index (κ2) is 13.1. The van der Waals surface area contributed by atoms with E-state index < -0.39 is 12.1 Å². The lowest BCUT2D eigenvalue weighted by Gasteiger charge is -2.13. The molecule has 3 rings (SSSR count). The highest BCUT2D eigenvalue weighted by Gasteiger charge is 2.18. The predicted molar refractivity (Wildman–Crippen MR) is 131 cm³/mol. The summed E-state index contributed by atoms with van der Waals surface area (Å²) in [5.41, 5.74) is 4.59. The summed E-state index contributed by atoms with van der Waals surface area (Å²) in [6.07, 6.45) is 2.03. The first-order valence-electron chi connectivity index (χ1n) is 11.3. The quantitative estimate of drug-likeness (QED) is 0.219. The molecule has 1 heterocycles. The fraction of sp³-hybridized carbons (Fsp3) is 0.296. The van der Waals surface area contributed by atoms with Crippen molar-refractivity contribution in [2.75, 3.05) is 19.8 Å². The Bertz CT molecular complexity index is 1050. The van der Waals surface area contributed by atoms with Crippen molar-refractivity contribution in [1.29, 1.82) is 0 Å². The number of carboxylic acid groups (broad SMARTS) is 1. The Balaban J connectivity index is 1.42. The first-order chi connectivity index (χ1) is 16.6. The predicted octanol–water partition coefficient (Wildman–Crippen LogP) is 4.99. The number of nitrogens with zero attached hydrogens (tertiary/aromatic N) is 2. The van der Waals surface area contributed by atoms with Crippen molar-refractivity contribution < 1.29 is 24.2 Å². The number of ether oxygens (including phenoxy) is 2. The van der Waals surface area contributed by atoms with Crippen LogP contribution in [0.3, 0.4) is 0 Å². The van der Waals surface area contributed by atoms with Crippen LogP contribution >= 0.6 is 0 Å². The van der Waals surface area contributed by atoms with Gasteiger partial charge in [-0.25, -0.2) is 4.79 Å². The average molecular weight is 463 g/mol. The monoisotopic (exact) mass is 462 g/mol. The molecule has 7 heteroatoms. The summed E-state index contributed by atoms with van der Waals surface area (Å²) < 4.78 is 11.1. The second-order valence-electron chi connectivity index (χ2n) is 7.70. The lowest BCUT2D eigenvalue weighted by atomic mass is 10.1. The standard InChI is InChI=1S/C27H30N2O5/c1-3-16-33-26(27(30)31)19-21-7-13-24(14-8-21)32-17-18-34-29-20(2)22-9-11-23(12-10-22)25-6-4-5-15-28-25/h4-15,26H,3,16-19H2,1-2H3,(H,30,31)/b29-20-. The minimum atomic E-state index is -0.953. The van der Waals surface area contributed by atoms with Crippen molar-refractivity contribution in [3.05, 3.63) is 84.1 Å². The van der Waals surface area contributed by atoms with Crippen molar-refractivity contribution in [2.45, 2.75) is 32.8 Å². The number of rotatable bonds is 13. The Morgan fingerprint density at radius 1 is 1.00 bits per heavy atom. The summed E-state index contributed by atoms with van der Waals surface area (Å²) in [6, 6.07) is 21.2. The fourth-order valence-corrected chi connectivity index (χ4v) is 3.22. The van der Waals surface area contributed by atoms with Crippen LogP contribution in [0, 0.1) is 0 Å². The number of aromatic nitrogens is 1. The molecule has 1 N–H and O–H groups in total. The van der Waals surface area contributed by atoms with Gasteiger partial charge in [-0.1, -0.05) is 54.5 Å². The summed E-state index contributed by atoms with van der Waals surface area (Å²) in [5, 5.41) is 13.4. The number of pyridine rings is 1. The molecule has 0 radical (unpaired) electrons. The van der Waals surface area contributed by atoms with Crippen LogP contribution in [0.5, 0.6) is 5.75 Å². The van der Waals surface area contributed by atoms with Gasteiger partial charge in [0.15, 0.2) is 12.7 Å². The minimum absolute atomic E-state index is 0.303. The Hall–Kier alpha value is -3.71. The van der Waals surface area contributed by atoms with Gasteiger partial charge in [0.05, 0.1) is 11.4 Å². The van der Waals surface area contributed by atoms with Crippen LogP contribution in [-0.4, -0.2) is 47.7 Å². The van der Waals surface area contributed by atoms with Gasteiger partial charge >= 0.3 is 5.97 Å². The summed E-state index contributed by atoms with van der Waals surface area (Å²) >= 11 is 0. The van der Waals surface area contributed by atoms with Crippen molar-refractivity contribution >= 4 is 11.7 Å². The van der Waals surface area contributed by atoms with E-state index in [0.29, 0.717) is 32.0 Å². The number of oxime groups is 1. The van der Waals surface area contributed by atoms with E-state index in [1.54, 1.807) is 6.20 Å². The van der Waals surface area contributed by atoms with Crippen LogP contribution in [0.25, 0.3) is 11.3 Å². The fourth-order valence-electron chi connectivity index (χ4n) is 3.22. The molecule has 0 bridgehead atoms. The van der Waals surface area contributed by atoms with Gasteiger partial charge in [-0.3, -0.25) is 4.98 Å². The molecule has 0 aliphatic carbocycles. The highest BCUT2D eigenvalue weighted by molar-refractivity contribution is 5.98. The molecule has 1 atom stereocenters. The first-order valence-corrected chi connectivity index (χ1v) is 11.3. The van der Waals surface area contributed by atoms with E-state index >= 15 is 0 Å². The van der Waals surface area contributed by atoms with Crippen molar-refractivity contribution in [2.24, 2.45) is 5.16 Å². The van der Waals surface area contributed by atoms with Crippen LogP contribution < -0.4 is 4.74 Å². The van der Waals surface area contributed by atoms with E-state index in [1.165, 1.54) is 0 Å². The Morgan fingerprint density at radius 2 is 1.76 bits per heavy atom. The lowest BCUT2D eigenvalue weighted by Crippen LogP contribution is -2.26. The maximum atomic E-state index is 11.3. The third-order valence-electron chi connectivity index (χ3n) is 5.05. The maximum absolute atomic E-state index is 11.3. The summed E-state index contributed by atoms with van der Waals surface area (Å²) in [5.74, 6) is -0.273. The van der Waals surface area contributed by atoms with Gasteiger partial charge in [-0.2, -0.15) is 0 Å². The van der Waals surface area contributed by atoms with Gasteiger partial charge in [0.2, 0.25) is 0 Å². The molecule has 0 saturated carbocycles. The molecule has 0 aliphatic rings. The molecule has 0 aliphatic heterocycles. The number of aliphatic carboxylic acids is 1. The van der Waals surface area contributed by atoms with Crippen LogP contribution in [0.4, 0.5) is 0 Å². The van der Waals surface area contributed by atoms with E-state index in [9.17, 15) is 9.90 Å². The Kier molecular flexibility index (Phi) is 9.61. The minimum Gasteiger partial charge on any atom is -0.490 e. The molecule has 7 nitrogen and oxygen atoms in total. The highest BCUT2D eigenvalue weighted by atomic mass is 16.6. The van der Waals surface area contributed by atoms with E-state index in [4.69, 9.17) is 14.3 Å². The van der Waals surface area contributed by atoms with Gasteiger partial charge in [-0.15, -0.1) is 0 Å². The first kappa shape index (κ1) is 24.9. The van der Waals surface area contributed by atoms with Crippen LogP contribution in [-0.2, 0) is 20.8 Å². The number of carbonyl (C=O) groups is 1. The zero-order valence-corrected chi connectivity index (χ0v) is 19.5. The molecule has 0 amide bonds. The third kappa shape index (κ3) is 7.71. The largest absolute Gasteiger partial charge is 0.490 e. The lowest BCUT2D eigenvalue weighted by molar-refractivity contribution is -0.150.